The first-order chi connectivity index (χ1) is 8.83. The molecule has 0 radical (unpaired) electrons. The second kappa shape index (κ2) is 4.78. The van der Waals surface area contributed by atoms with Crippen molar-refractivity contribution in [1.29, 1.82) is 0 Å². The van der Waals surface area contributed by atoms with Crippen LogP contribution in [0.1, 0.15) is 5.82 Å². The molecule has 0 atom stereocenters. The van der Waals surface area contributed by atoms with E-state index in [0.717, 1.165) is 21.7 Å². The van der Waals surface area contributed by atoms with E-state index >= 15 is 0 Å². The number of benzene rings is 1. The first-order valence-electron chi connectivity index (χ1n) is 5.50. The van der Waals surface area contributed by atoms with Crippen molar-refractivity contribution in [2.75, 3.05) is 0 Å². The van der Waals surface area contributed by atoms with E-state index in [1.54, 1.807) is 0 Å². The lowest BCUT2D eigenvalue weighted by atomic mass is 10.3. The first-order valence-corrected chi connectivity index (χ1v) is 6.29. The summed E-state index contributed by atoms with van der Waals surface area (Å²) in [6.07, 6.45) is 1.92. The molecule has 2 aromatic heterocycles. The Morgan fingerprint density at radius 1 is 1.11 bits per heavy atom. The molecule has 0 saturated heterocycles. The van der Waals surface area contributed by atoms with E-state index < -0.39 is 0 Å². The molecule has 0 fully saturated rings. The number of para-hydroxylation sites is 1. The monoisotopic (exact) mass is 303 g/mol. The summed E-state index contributed by atoms with van der Waals surface area (Å²) in [7, 11) is 0. The molecule has 3 rings (SSSR count). The van der Waals surface area contributed by atoms with Crippen molar-refractivity contribution in [2.45, 2.75) is 6.61 Å². The van der Waals surface area contributed by atoms with Crippen LogP contribution in [-0.4, -0.2) is 14.6 Å². The number of ether oxygens (including phenoxy) is 1. The minimum Gasteiger partial charge on any atom is -0.486 e. The Morgan fingerprint density at radius 3 is 2.78 bits per heavy atom. The number of pyridine rings is 1. The Morgan fingerprint density at radius 2 is 1.94 bits per heavy atom. The Balaban J connectivity index is 1.83. The van der Waals surface area contributed by atoms with Crippen molar-refractivity contribution in [3.05, 3.63) is 59.0 Å². The summed E-state index contributed by atoms with van der Waals surface area (Å²) in [6, 6.07) is 13.5. The van der Waals surface area contributed by atoms with Crippen LogP contribution in [0.5, 0.6) is 5.75 Å². The van der Waals surface area contributed by atoms with Crippen molar-refractivity contribution in [2.24, 2.45) is 0 Å². The van der Waals surface area contributed by atoms with Gasteiger partial charge in [-0.05, 0) is 24.3 Å². The van der Waals surface area contributed by atoms with Gasteiger partial charge >= 0.3 is 0 Å². The normalized spacial score (nSPS) is 10.7. The zero-order chi connectivity index (χ0) is 12.4. The molecule has 0 amide bonds. The number of rotatable bonds is 3. The van der Waals surface area contributed by atoms with Crippen molar-refractivity contribution in [3.63, 3.8) is 0 Å². The first kappa shape index (κ1) is 11.2. The number of aromatic nitrogens is 3. The Kier molecular flexibility index (Phi) is 2.98. The minimum absolute atomic E-state index is 0.396. The second-order valence-corrected chi connectivity index (χ2v) is 4.71. The molecule has 18 heavy (non-hydrogen) atoms. The molecule has 0 bridgehead atoms. The van der Waals surface area contributed by atoms with Gasteiger partial charge in [-0.25, -0.2) is 0 Å². The van der Waals surface area contributed by atoms with Crippen LogP contribution in [-0.2, 0) is 6.61 Å². The number of halogens is 1. The van der Waals surface area contributed by atoms with Gasteiger partial charge in [0.05, 0.1) is 0 Å². The van der Waals surface area contributed by atoms with Gasteiger partial charge in [-0.2, -0.15) is 0 Å². The third-order valence-corrected chi connectivity index (χ3v) is 3.05. The molecule has 0 saturated carbocycles. The zero-order valence-electron chi connectivity index (χ0n) is 9.45. The molecule has 5 heteroatoms. The summed E-state index contributed by atoms with van der Waals surface area (Å²) < 4.78 is 8.55. The molecular weight excluding hydrogens is 294 g/mol. The van der Waals surface area contributed by atoms with Gasteiger partial charge in [-0.3, -0.25) is 4.40 Å². The maximum atomic E-state index is 5.65. The average Bonchev–Trinajstić information content (AvgIpc) is 2.80. The van der Waals surface area contributed by atoms with Crippen molar-refractivity contribution in [3.8, 4) is 5.75 Å². The van der Waals surface area contributed by atoms with Crippen molar-refractivity contribution < 1.29 is 4.74 Å². The van der Waals surface area contributed by atoms with E-state index in [1.807, 2.05) is 53.1 Å². The Labute approximate surface area is 112 Å². The molecule has 3 aromatic rings. The quantitative estimate of drug-likeness (QED) is 0.746. The van der Waals surface area contributed by atoms with E-state index in [4.69, 9.17) is 4.74 Å². The smallest absolute Gasteiger partial charge is 0.175 e. The average molecular weight is 304 g/mol. The Bertz CT molecular complexity index is 666. The summed E-state index contributed by atoms with van der Waals surface area (Å²) in [4.78, 5) is 0. The van der Waals surface area contributed by atoms with E-state index in [0.29, 0.717) is 6.61 Å². The predicted octanol–water partition coefficient (Wildman–Crippen LogP) is 3.07. The molecule has 2 heterocycles. The van der Waals surface area contributed by atoms with Crippen LogP contribution < -0.4 is 4.74 Å². The predicted molar refractivity (Wildman–Crippen MR) is 71.5 cm³/mol. The lowest BCUT2D eigenvalue weighted by Crippen LogP contribution is -2.01. The molecule has 1 aromatic carbocycles. The summed E-state index contributed by atoms with van der Waals surface area (Å²) >= 11 is 3.41. The minimum atomic E-state index is 0.396. The lowest BCUT2D eigenvalue weighted by molar-refractivity contribution is 0.294. The Hall–Kier alpha value is -1.88. The highest BCUT2D eigenvalue weighted by Crippen LogP contribution is 2.14. The molecule has 0 aliphatic heterocycles. The van der Waals surface area contributed by atoms with Crippen molar-refractivity contribution in [1.82, 2.24) is 14.6 Å². The van der Waals surface area contributed by atoms with Crippen molar-refractivity contribution >= 4 is 21.6 Å². The van der Waals surface area contributed by atoms with Gasteiger partial charge in [0.2, 0.25) is 0 Å². The summed E-state index contributed by atoms with van der Waals surface area (Å²) in [5, 5.41) is 8.21. The summed E-state index contributed by atoms with van der Waals surface area (Å²) in [5.74, 6) is 1.60. The van der Waals surface area contributed by atoms with Gasteiger partial charge in [0, 0.05) is 10.7 Å². The molecular formula is C13H10BrN3O. The van der Waals surface area contributed by atoms with Gasteiger partial charge in [-0.1, -0.05) is 34.1 Å². The standard InChI is InChI=1S/C13H10BrN3O/c14-10-6-7-17-12(8-10)15-16-13(17)9-18-11-4-2-1-3-5-11/h1-8H,9H2. The van der Waals surface area contributed by atoms with E-state index in [2.05, 4.69) is 26.1 Å². The highest BCUT2D eigenvalue weighted by atomic mass is 79.9. The van der Waals surface area contributed by atoms with Gasteiger partial charge in [0.25, 0.3) is 0 Å². The fourth-order valence-corrected chi connectivity index (χ4v) is 2.00. The topological polar surface area (TPSA) is 39.4 Å². The molecule has 4 nitrogen and oxygen atoms in total. The second-order valence-electron chi connectivity index (χ2n) is 3.79. The van der Waals surface area contributed by atoms with E-state index in [9.17, 15) is 0 Å². The van der Waals surface area contributed by atoms with Gasteiger partial charge < -0.3 is 4.74 Å². The third kappa shape index (κ3) is 2.22. The largest absolute Gasteiger partial charge is 0.486 e. The highest BCUT2D eigenvalue weighted by Gasteiger charge is 2.06. The fourth-order valence-electron chi connectivity index (χ4n) is 1.68. The molecule has 90 valence electrons. The van der Waals surface area contributed by atoms with Gasteiger partial charge in [0.1, 0.15) is 12.4 Å². The van der Waals surface area contributed by atoms with Crippen LogP contribution in [0.3, 0.4) is 0 Å². The zero-order valence-corrected chi connectivity index (χ0v) is 11.0. The molecule has 0 unspecified atom stereocenters. The SMILES string of the molecule is Brc1ccn2c(COc3ccccc3)nnc2c1. The summed E-state index contributed by atoms with van der Waals surface area (Å²) in [6.45, 7) is 0.396. The molecule has 0 spiro atoms. The molecule has 0 N–H and O–H groups in total. The van der Waals surface area contributed by atoms with Crippen LogP contribution in [0, 0.1) is 0 Å². The van der Waals surface area contributed by atoms with E-state index in [-0.39, 0.29) is 0 Å². The third-order valence-electron chi connectivity index (χ3n) is 2.55. The number of hydrogen-bond acceptors (Lipinski definition) is 3. The number of hydrogen-bond donors (Lipinski definition) is 0. The summed E-state index contributed by atoms with van der Waals surface area (Å²) in [5.41, 5.74) is 0.802. The number of fused-ring (bicyclic) bond motifs is 1. The lowest BCUT2D eigenvalue weighted by Gasteiger charge is -2.04. The van der Waals surface area contributed by atoms with Crippen LogP contribution in [0.15, 0.2) is 53.1 Å². The van der Waals surface area contributed by atoms with Crippen LogP contribution >= 0.6 is 15.9 Å². The highest BCUT2D eigenvalue weighted by molar-refractivity contribution is 9.10. The van der Waals surface area contributed by atoms with E-state index in [1.165, 1.54) is 0 Å². The van der Waals surface area contributed by atoms with Crippen LogP contribution in [0.2, 0.25) is 0 Å². The molecule has 0 aliphatic carbocycles. The van der Waals surface area contributed by atoms with Crippen LogP contribution in [0.25, 0.3) is 5.65 Å². The van der Waals surface area contributed by atoms with Gasteiger partial charge in [0.15, 0.2) is 11.5 Å². The van der Waals surface area contributed by atoms with Crippen LogP contribution in [0.4, 0.5) is 0 Å². The fraction of sp³-hybridized carbons (Fsp3) is 0.0769. The maximum Gasteiger partial charge on any atom is 0.175 e. The number of nitrogens with zero attached hydrogens (tertiary/aromatic N) is 3. The van der Waals surface area contributed by atoms with Gasteiger partial charge in [-0.15, -0.1) is 10.2 Å². The maximum absolute atomic E-state index is 5.65. The molecule has 0 aliphatic rings.